The fourth-order valence-electron chi connectivity index (χ4n) is 1.70. The summed E-state index contributed by atoms with van der Waals surface area (Å²) in [5.74, 6) is -0.278. The van der Waals surface area contributed by atoms with Crippen LogP contribution in [0.3, 0.4) is 0 Å². The molecule has 4 heteroatoms. The standard InChI is InChI=1S/C17H20N2O2/c1-5-6-14(9-13(4)20)10-19-17(21)15-7-8-16(12(2)3)18-11-15/h5-9,11H,2,10H2,1,3-4H3,(H,19,21)/b6-5-,14-9+. The fourth-order valence-corrected chi connectivity index (χ4v) is 1.70. The van der Waals surface area contributed by atoms with E-state index in [1.165, 1.54) is 19.2 Å². The van der Waals surface area contributed by atoms with Crippen molar-refractivity contribution < 1.29 is 9.59 Å². The van der Waals surface area contributed by atoms with E-state index in [1.807, 2.05) is 19.9 Å². The van der Waals surface area contributed by atoms with E-state index >= 15 is 0 Å². The number of carbonyl (C=O) groups is 2. The Morgan fingerprint density at radius 1 is 1.33 bits per heavy atom. The van der Waals surface area contributed by atoms with Crippen molar-refractivity contribution in [1.82, 2.24) is 10.3 Å². The van der Waals surface area contributed by atoms with Crippen molar-refractivity contribution in [3.63, 3.8) is 0 Å². The zero-order valence-corrected chi connectivity index (χ0v) is 12.6. The van der Waals surface area contributed by atoms with E-state index in [0.29, 0.717) is 12.1 Å². The molecule has 0 aromatic carbocycles. The highest BCUT2D eigenvalue weighted by molar-refractivity contribution is 5.94. The number of pyridine rings is 1. The van der Waals surface area contributed by atoms with Crippen LogP contribution in [0, 0.1) is 0 Å². The van der Waals surface area contributed by atoms with Gasteiger partial charge in [0.1, 0.15) is 0 Å². The summed E-state index contributed by atoms with van der Waals surface area (Å²) in [5.41, 5.74) is 2.84. The number of amides is 1. The number of nitrogens with zero attached hydrogens (tertiary/aromatic N) is 1. The van der Waals surface area contributed by atoms with E-state index < -0.39 is 0 Å². The Morgan fingerprint density at radius 3 is 2.52 bits per heavy atom. The lowest BCUT2D eigenvalue weighted by Crippen LogP contribution is -2.25. The molecule has 0 spiro atoms. The number of hydrogen-bond donors (Lipinski definition) is 1. The molecule has 1 heterocycles. The maximum atomic E-state index is 12.0. The molecule has 1 N–H and O–H groups in total. The second-order valence-corrected chi connectivity index (χ2v) is 4.73. The molecule has 0 saturated heterocycles. The van der Waals surface area contributed by atoms with Crippen molar-refractivity contribution >= 4 is 17.3 Å². The highest BCUT2D eigenvalue weighted by Gasteiger charge is 2.06. The highest BCUT2D eigenvalue weighted by atomic mass is 16.1. The first-order valence-corrected chi connectivity index (χ1v) is 6.68. The van der Waals surface area contributed by atoms with Crippen LogP contribution in [0.25, 0.3) is 5.57 Å². The van der Waals surface area contributed by atoms with Gasteiger partial charge in [0.2, 0.25) is 0 Å². The van der Waals surface area contributed by atoms with Crippen molar-refractivity contribution in [3.8, 4) is 0 Å². The van der Waals surface area contributed by atoms with Crippen molar-refractivity contribution in [2.75, 3.05) is 6.54 Å². The summed E-state index contributed by atoms with van der Waals surface area (Å²) >= 11 is 0. The number of ketones is 1. The van der Waals surface area contributed by atoms with Gasteiger partial charge in [-0.2, -0.15) is 0 Å². The van der Waals surface area contributed by atoms with Crippen LogP contribution in [-0.4, -0.2) is 23.2 Å². The first-order valence-electron chi connectivity index (χ1n) is 6.68. The minimum atomic E-state index is -0.227. The largest absolute Gasteiger partial charge is 0.348 e. The molecule has 1 aromatic rings. The SMILES string of the molecule is C=C(C)c1ccc(C(=O)NCC(/C=C\C)=C/C(C)=O)cn1. The van der Waals surface area contributed by atoms with Crippen LogP contribution in [0.2, 0.25) is 0 Å². The van der Waals surface area contributed by atoms with Crippen LogP contribution >= 0.6 is 0 Å². The molecule has 0 fully saturated rings. The Hall–Kier alpha value is -2.49. The van der Waals surface area contributed by atoms with Gasteiger partial charge in [0.05, 0.1) is 11.3 Å². The van der Waals surface area contributed by atoms with Crippen LogP contribution in [0.5, 0.6) is 0 Å². The Kier molecular flexibility index (Phi) is 6.27. The number of hydrogen-bond acceptors (Lipinski definition) is 3. The van der Waals surface area contributed by atoms with Crippen LogP contribution in [0.4, 0.5) is 0 Å². The van der Waals surface area contributed by atoms with Crippen LogP contribution in [0.15, 0.2) is 48.7 Å². The molecule has 1 amide bonds. The minimum absolute atomic E-state index is 0.0511. The smallest absolute Gasteiger partial charge is 0.253 e. The number of rotatable bonds is 6. The Labute approximate surface area is 125 Å². The average Bonchev–Trinajstić information content (AvgIpc) is 2.44. The van der Waals surface area contributed by atoms with Gasteiger partial charge >= 0.3 is 0 Å². The third-order valence-electron chi connectivity index (χ3n) is 2.69. The van der Waals surface area contributed by atoms with Gasteiger partial charge < -0.3 is 5.32 Å². The first kappa shape index (κ1) is 16.6. The molecule has 1 aromatic heterocycles. The summed E-state index contributed by atoms with van der Waals surface area (Å²) in [6, 6.07) is 3.46. The van der Waals surface area contributed by atoms with Gasteiger partial charge in [0.25, 0.3) is 5.91 Å². The van der Waals surface area contributed by atoms with Crippen LogP contribution in [0.1, 0.15) is 36.8 Å². The minimum Gasteiger partial charge on any atom is -0.348 e. The second kappa shape index (κ2) is 7.94. The number of allylic oxidation sites excluding steroid dienone is 3. The van der Waals surface area contributed by atoms with Gasteiger partial charge in [-0.25, -0.2) is 0 Å². The number of aromatic nitrogens is 1. The molecule has 0 saturated carbocycles. The van der Waals surface area contributed by atoms with E-state index in [1.54, 1.807) is 18.2 Å². The van der Waals surface area contributed by atoms with Gasteiger partial charge in [-0.05, 0) is 50.1 Å². The molecule has 110 valence electrons. The van der Waals surface area contributed by atoms with Gasteiger partial charge in [-0.3, -0.25) is 14.6 Å². The summed E-state index contributed by atoms with van der Waals surface area (Å²) in [6.45, 7) is 9.29. The lowest BCUT2D eigenvalue weighted by atomic mass is 10.1. The zero-order chi connectivity index (χ0) is 15.8. The van der Waals surface area contributed by atoms with Gasteiger partial charge in [-0.1, -0.05) is 18.7 Å². The molecule has 0 aliphatic rings. The van der Waals surface area contributed by atoms with Gasteiger partial charge in [-0.15, -0.1) is 0 Å². The third-order valence-corrected chi connectivity index (χ3v) is 2.69. The maximum absolute atomic E-state index is 12.0. The summed E-state index contributed by atoms with van der Waals surface area (Å²) < 4.78 is 0. The van der Waals surface area contributed by atoms with E-state index in [2.05, 4.69) is 16.9 Å². The van der Waals surface area contributed by atoms with Gasteiger partial charge in [0.15, 0.2) is 5.78 Å². The summed E-state index contributed by atoms with van der Waals surface area (Å²) in [5, 5.41) is 2.76. The molecule has 21 heavy (non-hydrogen) atoms. The molecule has 1 rings (SSSR count). The van der Waals surface area contributed by atoms with E-state index in [-0.39, 0.29) is 11.7 Å². The molecular formula is C17H20N2O2. The fraction of sp³-hybridized carbons (Fsp3) is 0.235. The monoisotopic (exact) mass is 284 g/mol. The number of nitrogens with one attached hydrogen (secondary N) is 1. The van der Waals surface area contributed by atoms with Crippen molar-refractivity contribution in [1.29, 1.82) is 0 Å². The van der Waals surface area contributed by atoms with Crippen molar-refractivity contribution in [3.05, 3.63) is 60.0 Å². The maximum Gasteiger partial charge on any atom is 0.253 e. The summed E-state index contributed by atoms with van der Waals surface area (Å²) in [6.07, 6.45) is 6.64. The van der Waals surface area contributed by atoms with Crippen LogP contribution < -0.4 is 5.32 Å². The van der Waals surface area contributed by atoms with Crippen LogP contribution in [-0.2, 0) is 4.79 Å². The molecule has 0 bridgehead atoms. The highest BCUT2D eigenvalue weighted by Crippen LogP contribution is 2.08. The molecule has 0 atom stereocenters. The molecule has 0 radical (unpaired) electrons. The predicted octanol–water partition coefficient (Wildman–Crippen LogP) is 2.94. The van der Waals surface area contributed by atoms with E-state index in [9.17, 15) is 9.59 Å². The Morgan fingerprint density at radius 2 is 2.05 bits per heavy atom. The van der Waals surface area contributed by atoms with E-state index in [4.69, 9.17) is 0 Å². The summed E-state index contributed by atoms with van der Waals surface area (Å²) in [7, 11) is 0. The molecular weight excluding hydrogens is 264 g/mol. The van der Waals surface area contributed by atoms with Crippen molar-refractivity contribution in [2.24, 2.45) is 0 Å². The van der Waals surface area contributed by atoms with Crippen molar-refractivity contribution in [2.45, 2.75) is 20.8 Å². The lowest BCUT2D eigenvalue weighted by molar-refractivity contribution is -0.112. The third kappa shape index (κ3) is 5.57. The zero-order valence-electron chi connectivity index (χ0n) is 12.6. The van der Waals surface area contributed by atoms with Gasteiger partial charge in [0, 0.05) is 12.7 Å². The quantitative estimate of drug-likeness (QED) is 0.645. The molecule has 0 aliphatic heterocycles. The lowest BCUT2D eigenvalue weighted by Gasteiger charge is -2.06. The summed E-state index contributed by atoms with van der Waals surface area (Å²) in [4.78, 5) is 27.3. The predicted molar refractivity (Wildman–Crippen MR) is 84.9 cm³/mol. The molecule has 0 unspecified atom stereocenters. The second-order valence-electron chi connectivity index (χ2n) is 4.73. The average molecular weight is 284 g/mol. The normalized spacial score (nSPS) is 11.5. The first-order chi connectivity index (χ1) is 9.93. The number of carbonyl (C=O) groups excluding carboxylic acids is 2. The Balaban J connectivity index is 2.72. The topological polar surface area (TPSA) is 59.1 Å². The molecule has 4 nitrogen and oxygen atoms in total. The van der Waals surface area contributed by atoms with E-state index in [0.717, 1.165) is 16.8 Å². The molecule has 0 aliphatic carbocycles. The Bertz CT molecular complexity index is 596.